The van der Waals surface area contributed by atoms with Gasteiger partial charge in [0.1, 0.15) is 11.4 Å². The van der Waals surface area contributed by atoms with E-state index in [1.165, 1.54) is 13.3 Å². The molecule has 0 radical (unpaired) electrons. The van der Waals surface area contributed by atoms with Crippen molar-refractivity contribution in [3.63, 3.8) is 0 Å². The van der Waals surface area contributed by atoms with Crippen LogP contribution in [0.4, 0.5) is 9.18 Å². The van der Waals surface area contributed by atoms with Gasteiger partial charge in [0.15, 0.2) is 0 Å². The van der Waals surface area contributed by atoms with Crippen LogP contribution in [-0.4, -0.2) is 95.2 Å². The van der Waals surface area contributed by atoms with Crippen LogP contribution in [0.2, 0.25) is 0 Å². The standard InChI is InChI=1S/C24H34FN5O4.C2H6/c1-6-29(23(32)34-24(2,3)4)15-17-14-28(11-12-30(17)16-31)10-9-18-19(25)13-26-20-7-8-21(33-5)27-22(18)20;1-2/h7-8,13,16-17H,6,9-12,14-15H2,1-5H3;1-2H3. The van der Waals surface area contributed by atoms with Gasteiger partial charge in [0.25, 0.3) is 0 Å². The fourth-order valence-electron chi connectivity index (χ4n) is 4.05. The van der Waals surface area contributed by atoms with Crippen molar-refractivity contribution in [2.45, 2.75) is 59.6 Å². The molecule has 0 N–H and O–H groups in total. The molecular weight excluding hydrogens is 465 g/mol. The van der Waals surface area contributed by atoms with Gasteiger partial charge in [-0.2, -0.15) is 0 Å². The zero-order valence-corrected chi connectivity index (χ0v) is 22.6. The maximum Gasteiger partial charge on any atom is 0.410 e. The second-order valence-corrected chi connectivity index (χ2v) is 9.37. The highest BCUT2D eigenvalue weighted by atomic mass is 19.1. The highest BCUT2D eigenvalue weighted by Crippen LogP contribution is 2.22. The number of carbonyl (C=O) groups excluding carboxylic acids is 2. The van der Waals surface area contributed by atoms with E-state index in [4.69, 9.17) is 9.47 Å². The number of pyridine rings is 2. The summed E-state index contributed by atoms with van der Waals surface area (Å²) in [4.78, 5) is 38.3. The number of halogens is 1. The lowest BCUT2D eigenvalue weighted by molar-refractivity contribution is -0.123. The highest BCUT2D eigenvalue weighted by molar-refractivity contribution is 5.78. The first kappa shape index (κ1) is 29.2. The molecule has 2 aromatic rings. The van der Waals surface area contributed by atoms with Gasteiger partial charge in [-0.15, -0.1) is 0 Å². The second kappa shape index (κ2) is 13.3. The minimum Gasteiger partial charge on any atom is -0.481 e. The molecule has 2 aromatic heterocycles. The number of amides is 2. The van der Waals surface area contributed by atoms with Crippen LogP contribution in [0.1, 0.15) is 47.1 Å². The predicted molar refractivity (Wildman–Crippen MR) is 138 cm³/mol. The number of carbonyl (C=O) groups is 2. The van der Waals surface area contributed by atoms with Crippen LogP contribution in [0, 0.1) is 5.82 Å². The summed E-state index contributed by atoms with van der Waals surface area (Å²) in [5.74, 6) is 0.000950. The molecule has 0 aliphatic carbocycles. The number of hydrogen-bond donors (Lipinski definition) is 0. The van der Waals surface area contributed by atoms with Gasteiger partial charge < -0.3 is 19.3 Å². The van der Waals surface area contributed by atoms with Gasteiger partial charge in [-0.05, 0) is 40.2 Å². The summed E-state index contributed by atoms with van der Waals surface area (Å²) < 4.78 is 25.4. The summed E-state index contributed by atoms with van der Waals surface area (Å²) in [5, 5.41) is 0. The lowest BCUT2D eigenvalue weighted by Crippen LogP contribution is -2.57. The number of likely N-dealkylation sites (N-methyl/N-ethyl adjacent to an activating group) is 1. The Bertz CT molecular complexity index is 1010. The Balaban J connectivity index is 0.00000222. The molecule has 9 nitrogen and oxygen atoms in total. The van der Waals surface area contributed by atoms with E-state index in [1.54, 1.807) is 21.9 Å². The third kappa shape index (κ3) is 7.74. The first-order valence-corrected chi connectivity index (χ1v) is 12.5. The van der Waals surface area contributed by atoms with E-state index in [9.17, 15) is 14.0 Å². The van der Waals surface area contributed by atoms with Gasteiger partial charge in [-0.3, -0.25) is 14.7 Å². The van der Waals surface area contributed by atoms with Gasteiger partial charge in [0.2, 0.25) is 12.3 Å². The minimum absolute atomic E-state index is 0.184. The largest absolute Gasteiger partial charge is 0.481 e. The Morgan fingerprint density at radius 3 is 2.61 bits per heavy atom. The molecule has 0 bridgehead atoms. The molecule has 0 spiro atoms. The molecule has 3 rings (SSSR count). The minimum atomic E-state index is -0.596. The van der Waals surface area contributed by atoms with Crippen molar-refractivity contribution in [3.05, 3.63) is 29.7 Å². The quantitative estimate of drug-likeness (QED) is 0.505. The van der Waals surface area contributed by atoms with Crippen LogP contribution in [0.15, 0.2) is 18.3 Å². The summed E-state index contributed by atoms with van der Waals surface area (Å²) in [6.45, 7) is 14.5. The normalized spacial score (nSPS) is 16.2. The Morgan fingerprint density at radius 2 is 2.00 bits per heavy atom. The molecule has 1 unspecified atom stereocenters. The van der Waals surface area contributed by atoms with Crippen LogP contribution in [0.3, 0.4) is 0 Å². The number of ether oxygens (including phenoxy) is 2. The number of fused-ring (bicyclic) bond motifs is 1. The van der Waals surface area contributed by atoms with Crippen LogP contribution in [0.5, 0.6) is 5.88 Å². The topological polar surface area (TPSA) is 88.1 Å². The lowest BCUT2D eigenvalue weighted by Gasteiger charge is -2.41. The average Bonchev–Trinajstić information content (AvgIpc) is 2.86. The van der Waals surface area contributed by atoms with E-state index in [0.29, 0.717) is 68.2 Å². The van der Waals surface area contributed by atoms with Crippen molar-refractivity contribution >= 4 is 23.5 Å². The first-order chi connectivity index (χ1) is 17.1. The average molecular weight is 506 g/mol. The monoisotopic (exact) mass is 505 g/mol. The van der Waals surface area contributed by atoms with Crippen LogP contribution in [-0.2, 0) is 16.0 Å². The first-order valence-electron chi connectivity index (χ1n) is 12.5. The number of methoxy groups -OCH3 is 1. The molecule has 0 aromatic carbocycles. The summed E-state index contributed by atoms with van der Waals surface area (Å²) >= 11 is 0. The molecule has 10 heteroatoms. The van der Waals surface area contributed by atoms with Crippen molar-refractivity contribution in [2.75, 3.05) is 46.4 Å². The van der Waals surface area contributed by atoms with E-state index < -0.39 is 17.5 Å². The lowest BCUT2D eigenvalue weighted by atomic mass is 10.1. The number of hydrogen-bond acceptors (Lipinski definition) is 7. The molecular formula is C26H40FN5O4. The van der Waals surface area contributed by atoms with E-state index in [2.05, 4.69) is 14.9 Å². The highest BCUT2D eigenvalue weighted by Gasteiger charge is 2.30. The predicted octanol–water partition coefficient (Wildman–Crippen LogP) is 3.75. The fraction of sp³-hybridized carbons (Fsp3) is 0.615. The number of nitrogens with zero attached hydrogens (tertiary/aromatic N) is 5. The van der Waals surface area contributed by atoms with Crippen molar-refractivity contribution in [3.8, 4) is 5.88 Å². The summed E-state index contributed by atoms with van der Waals surface area (Å²) in [6, 6.07) is 3.28. The van der Waals surface area contributed by atoms with E-state index >= 15 is 0 Å². The molecule has 200 valence electrons. The van der Waals surface area contributed by atoms with E-state index in [-0.39, 0.29) is 6.04 Å². The molecule has 1 fully saturated rings. The Labute approximate surface area is 213 Å². The molecule has 3 heterocycles. The molecule has 1 atom stereocenters. The number of rotatable bonds is 8. The van der Waals surface area contributed by atoms with Crippen molar-refractivity contribution in [1.82, 2.24) is 24.7 Å². The van der Waals surface area contributed by atoms with Gasteiger partial charge in [0.05, 0.1) is 30.4 Å². The third-order valence-electron chi connectivity index (χ3n) is 5.84. The SMILES string of the molecule is CC.CCN(CC1CN(CCc2c(F)cnc3ccc(OC)nc23)CCN1C=O)C(=O)OC(C)(C)C. The van der Waals surface area contributed by atoms with Crippen LogP contribution in [0.25, 0.3) is 11.0 Å². The van der Waals surface area contributed by atoms with Gasteiger partial charge >= 0.3 is 6.09 Å². The van der Waals surface area contributed by atoms with Gasteiger partial charge in [0, 0.05) is 50.9 Å². The summed E-state index contributed by atoms with van der Waals surface area (Å²) in [6.07, 6.45) is 2.08. The van der Waals surface area contributed by atoms with Crippen molar-refractivity contribution < 1.29 is 23.5 Å². The molecule has 1 aliphatic rings. The third-order valence-corrected chi connectivity index (χ3v) is 5.84. The van der Waals surface area contributed by atoms with Gasteiger partial charge in [-0.1, -0.05) is 13.8 Å². The number of piperazine rings is 1. The summed E-state index contributed by atoms with van der Waals surface area (Å²) in [5.41, 5.74) is 0.991. The molecule has 2 amide bonds. The number of aromatic nitrogens is 2. The maximum absolute atomic E-state index is 14.7. The Hall–Kier alpha value is -3.01. The summed E-state index contributed by atoms with van der Waals surface area (Å²) in [7, 11) is 1.52. The zero-order chi connectivity index (χ0) is 26.9. The molecule has 1 aliphatic heterocycles. The van der Waals surface area contributed by atoms with E-state index in [0.717, 1.165) is 6.41 Å². The molecule has 0 saturated carbocycles. The second-order valence-electron chi connectivity index (χ2n) is 9.37. The van der Waals surface area contributed by atoms with Crippen LogP contribution < -0.4 is 4.74 Å². The van der Waals surface area contributed by atoms with E-state index in [1.807, 2.05) is 41.5 Å². The Kier molecular flexibility index (Phi) is 10.8. The Morgan fingerprint density at radius 1 is 1.28 bits per heavy atom. The van der Waals surface area contributed by atoms with Crippen molar-refractivity contribution in [1.29, 1.82) is 0 Å². The molecule has 1 saturated heterocycles. The van der Waals surface area contributed by atoms with Gasteiger partial charge in [-0.25, -0.2) is 14.2 Å². The maximum atomic E-state index is 14.7. The fourth-order valence-corrected chi connectivity index (χ4v) is 4.05. The smallest absolute Gasteiger partial charge is 0.410 e. The zero-order valence-electron chi connectivity index (χ0n) is 22.6. The molecule has 36 heavy (non-hydrogen) atoms. The van der Waals surface area contributed by atoms with Crippen molar-refractivity contribution in [2.24, 2.45) is 0 Å². The van der Waals surface area contributed by atoms with Crippen LogP contribution >= 0.6 is 0 Å².